The van der Waals surface area contributed by atoms with Crippen molar-refractivity contribution in [2.24, 2.45) is 0 Å². The van der Waals surface area contributed by atoms with Gasteiger partial charge in [0.25, 0.3) is 11.1 Å². The molecule has 0 saturated carbocycles. The average molecular weight is 867 g/mol. The van der Waals surface area contributed by atoms with Crippen LogP contribution in [0.2, 0.25) is 0 Å². The Labute approximate surface area is 355 Å². The van der Waals surface area contributed by atoms with Gasteiger partial charge < -0.3 is 47.4 Å². The van der Waals surface area contributed by atoms with E-state index in [2.05, 4.69) is 14.4 Å². The molecule has 332 valence electrons. The highest BCUT2D eigenvalue weighted by atomic mass is 19.3. The summed E-state index contributed by atoms with van der Waals surface area (Å²) in [7, 11) is 0. The third-order valence-corrected chi connectivity index (χ3v) is 10.5. The zero-order chi connectivity index (χ0) is 44.7. The number of fused-ring (bicyclic) bond motifs is 3. The first-order chi connectivity index (χ1) is 29.5. The topological polar surface area (TPSA) is 131 Å². The van der Waals surface area contributed by atoms with Gasteiger partial charge in [-0.25, -0.2) is 4.79 Å². The number of carbonyl (C=O) groups is 2. The minimum Gasteiger partial charge on any atom is -0.486 e. The van der Waals surface area contributed by atoms with Gasteiger partial charge in [0, 0.05) is 73.8 Å². The number of hydrogen-bond donors (Lipinski definition) is 0. The molecule has 7 rings (SSSR count). The maximum atomic E-state index is 13.4. The number of pyridine rings is 2. The first-order valence-corrected chi connectivity index (χ1v) is 20.2. The zero-order valence-corrected chi connectivity index (χ0v) is 35.2. The van der Waals surface area contributed by atoms with Gasteiger partial charge in [0.15, 0.2) is 11.5 Å². The van der Waals surface area contributed by atoms with Crippen LogP contribution in [0.15, 0.2) is 76.3 Å². The van der Waals surface area contributed by atoms with Crippen LogP contribution in [-0.2, 0) is 29.2 Å². The van der Waals surface area contributed by atoms with Crippen LogP contribution in [0.5, 0.6) is 23.0 Å². The van der Waals surface area contributed by atoms with E-state index in [0.29, 0.717) is 72.6 Å². The molecule has 62 heavy (non-hydrogen) atoms. The van der Waals surface area contributed by atoms with Crippen molar-refractivity contribution in [3.05, 3.63) is 104 Å². The Morgan fingerprint density at radius 2 is 1.32 bits per heavy atom. The highest BCUT2D eigenvalue weighted by Gasteiger charge is 2.32. The number of amides is 1. The van der Waals surface area contributed by atoms with Gasteiger partial charge in [-0.2, -0.15) is 17.6 Å². The summed E-state index contributed by atoms with van der Waals surface area (Å²) in [5.74, 6) is 1.34. The molecule has 1 amide bonds. The normalized spacial score (nSPS) is 14.4. The summed E-state index contributed by atoms with van der Waals surface area (Å²) < 4.78 is 78.9. The van der Waals surface area contributed by atoms with Crippen LogP contribution < -0.4 is 30.1 Å². The summed E-state index contributed by atoms with van der Waals surface area (Å²) >= 11 is 0. The fraction of sp³-hybridized carbons (Fsp3) is 0.422. The Hall–Kier alpha value is -6.10. The highest BCUT2D eigenvalue weighted by molar-refractivity contribution is 5.85. The number of aryl methyl sites for hydroxylation is 2. The molecule has 2 aliphatic rings. The van der Waals surface area contributed by atoms with Crippen LogP contribution in [0.3, 0.4) is 0 Å². The van der Waals surface area contributed by atoms with Gasteiger partial charge in [-0.1, -0.05) is 6.07 Å². The zero-order valence-electron chi connectivity index (χ0n) is 35.2. The second-order valence-corrected chi connectivity index (χ2v) is 16.0. The third kappa shape index (κ3) is 11.4. The fourth-order valence-corrected chi connectivity index (χ4v) is 7.64. The molecule has 0 atom stereocenters. The molecule has 17 heteroatoms. The molecule has 1 fully saturated rings. The van der Waals surface area contributed by atoms with Gasteiger partial charge in [-0.3, -0.25) is 9.59 Å². The number of benzene rings is 3. The van der Waals surface area contributed by atoms with Crippen molar-refractivity contribution >= 4 is 34.2 Å². The lowest BCUT2D eigenvalue weighted by atomic mass is 10.0. The van der Waals surface area contributed by atoms with E-state index in [1.54, 1.807) is 34.6 Å². The van der Waals surface area contributed by atoms with Crippen LogP contribution in [0.1, 0.15) is 50.3 Å². The predicted octanol–water partition coefficient (Wildman–Crippen LogP) is 7.69. The van der Waals surface area contributed by atoms with Crippen LogP contribution in [0.25, 0.3) is 21.8 Å². The van der Waals surface area contributed by atoms with Crippen LogP contribution in [0, 0.1) is 13.8 Å². The fourth-order valence-electron chi connectivity index (χ4n) is 7.64. The standard InChI is InChI=1S/C32H39F2N3O6.C13H11F2NO3/c1-21-17-29(38)36(26-19-24(42-30(33)34)6-7-25(21)26)14-13-35-11-9-23(10-12-35)37(31(39)43-32(2,3)4)20-22-5-8-27-28(18-22)41-16-15-40-27;1-8-6-12(18)16(4-5-17)11-7-9(19-13(14)15)2-3-10(8)11/h5-8,17-19,23,30H,9-16,20H2,1-4H3;2-3,5-7,13H,4H2,1H3. The van der Waals surface area contributed by atoms with Crippen LogP contribution >= 0.6 is 0 Å². The van der Waals surface area contributed by atoms with E-state index in [0.717, 1.165) is 42.4 Å². The molecular formula is C45H50F4N4O9. The lowest BCUT2D eigenvalue weighted by Gasteiger charge is -2.39. The summed E-state index contributed by atoms with van der Waals surface area (Å²) in [5, 5.41) is 1.52. The van der Waals surface area contributed by atoms with Gasteiger partial charge >= 0.3 is 19.3 Å². The van der Waals surface area contributed by atoms with E-state index in [9.17, 15) is 36.7 Å². The molecule has 3 aromatic carbocycles. The number of hydrogen-bond acceptors (Lipinski definition) is 10. The lowest BCUT2D eigenvalue weighted by Crippen LogP contribution is -2.49. The molecule has 0 spiro atoms. The SMILES string of the molecule is Cc1cc(=O)n(CC=O)c2cc(OC(F)F)ccc12.Cc1cc(=O)n(CCN2CCC(N(Cc3ccc4c(c3)OCCO4)C(=O)OC(C)(C)C)CC2)c2cc(OC(F)F)ccc12. The number of alkyl halides is 4. The minimum absolute atomic E-state index is 0.0160. The van der Waals surface area contributed by atoms with Crippen LogP contribution in [0.4, 0.5) is 22.4 Å². The molecule has 1 saturated heterocycles. The second-order valence-electron chi connectivity index (χ2n) is 16.0. The van der Waals surface area contributed by atoms with E-state index < -0.39 is 18.8 Å². The molecule has 13 nitrogen and oxygen atoms in total. The van der Waals surface area contributed by atoms with Crippen molar-refractivity contribution in [1.29, 1.82) is 0 Å². The first kappa shape index (κ1) is 45.4. The maximum Gasteiger partial charge on any atom is 0.410 e. The summed E-state index contributed by atoms with van der Waals surface area (Å²) in [6, 6.07) is 17.7. The van der Waals surface area contributed by atoms with Gasteiger partial charge in [0.05, 0.1) is 17.6 Å². The smallest absolute Gasteiger partial charge is 0.410 e. The lowest BCUT2D eigenvalue weighted by molar-refractivity contribution is -0.108. The Kier molecular flexibility index (Phi) is 14.5. The van der Waals surface area contributed by atoms with Crippen molar-refractivity contribution in [3.63, 3.8) is 0 Å². The van der Waals surface area contributed by atoms with Crippen LogP contribution in [-0.4, -0.2) is 89.0 Å². The van der Waals surface area contributed by atoms with Gasteiger partial charge in [-0.05, 0) is 101 Å². The van der Waals surface area contributed by atoms with E-state index in [4.69, 9.17) is 14.2 Å². The quantitative estimate of drug-likeness (QED) is 0.0909. The minimum atomic E-state index is -2.95. The predicted molar refractivity (Wildman–Crippen MR) is 224 cm³/mol. The summed E-state index contributed by atoms with van der Waals surface area (Å²) in [4.78, 5) is 52.8. The number of rotatable bonds is 12. The summed E-state index contributed by atoms with van der Waals surface area (Å²) in [6.45, 7) is 6.94. The largest absolute Gasteiger partial charge is 0.486 e. The van der Waals surface area contributed by atoms with E-state index in [-0.39, 0.29) is 41.3 Å². The molecule has 0 bridgehead atoms. The third-order valence-electron chi connectivity index (χ3n) is 10.5. The molecule has 2 aliphatic heterocycles. The second kappa shape index (κ2) is 19.7. The number of nitrogens with zero attached hydrogens (tertiary/aromatic N) is 4. The summed E-state index contributed by atoms with van der Waals surface area (Å²) in [6.07, 6.45) is 1.69. The van der Waals surface area contributed by atoms with Gasteiger partial charge in [-0.15, -0.1) is 0 Å². The molecule has 0 unspecified atom stereocenters. The Morgan fingerprint density at radius 3 is 1.87 bits per heavy atom. The molecule has 0 aliphatic carbocycles. The Bertz CT molecular complexity index is 2510. The van der Waals surface area contributed by atoms with E-state index in [1.807, 2.05) is 45.9 Å². The first-order valence-electron chi connectivity index (χ1n) is 20.2. The van der Waals surface area contributed by atoms with Crippen molar-refractivity contribution < 1.29 is 50.8 Å². The monoisotopic (exact) mass is 866 g/mol. The molecule has 2 aromatic heterocycles. The number of likely N-dealkylation sites (tertiary alicyclic amines) is 1. The molecule has 4 heterocycles. The number of aldehydes is 1. The van der Waals surface area contributed by atoms with Gasteiger partial charge in [0.1, 0.15) is 36.6 Å². The van der Waals surface area contributed by atoms with Gasteiger partial charge in [0.2, 0.25) is 0 Å². The molecule has 5 aromatic rings. The number of piperidine rings is 1. The molecular weight excluding hydrogens is 817 g/mol. The average Bonchev–Trinajstić information content (AvgIpc) is 3.20. The highest BCUT2D eigenvalue weighted by Crippen LogP contribution is 2.32. The summed E-state index contributed by atoms with van der Waals surface area (Å²) in [5.41, 5.74) is 2.21. The molecule has 0 N–H and O–H groups in total. The number of halogens is 4. The van der Waals surface area contributed by atoms with E-state index in [1.165, 1.54) is 34.9 Å². The number of carbonyl (C=O) groups excluding carboxylic acids is 2. The maximum absolute atomic E-state index is 13.4. The number of aromatic nitrogens is 2. The van der Waals surface area contributed by atoms with E-state index >= 15 is 0 Å². The van der Waals surface area contributed by atoms with Crippen molar-refractivity contribution in [1.82, 2.24) is 18.9 Å². The molecule has 0 radical (unpaired) electrons. The van der Waals surface area contributed by atoms with Crippen molar-refractivity contribution in [2.45, 2.75) is 92.0 Å². The van der Waals surface area contributed by atoms with Crippen molar-refractivity contribution in [3.8, 4) is 23.0 Å². The Morgan fingerprint density at radius 1 is 0.774 bits per heavy atom. The Balaban J connectivity index is 0.000000281. The number of ether oxygens (including phenoxy) is 5. The van der Waals surface area contributed by atoms with Crippen molar-refractivity contribution in [2.75, 3.05) is 32.8 Å².